The third kappa shape index (κ3) is 6.66. The lowest BCUT2D eigenvalue weighted by Crippen LogP contribution is -2.12. The molecule has 0 aliphatic rings. The van der Waals surface area contributed by atoms with Crippen LogP contribution in [0.3, 0.4) is 0 Å². The van der Waals surface area contributed by atoms with Crippen molar-refractivity contribution in [3.8, 4) is 22.5 Å². The van der Waals surface area contributed by atoms with Gasteiger partial charge in [0, 0.05) is 24.2 Å². The van der Waals surface area contributed by atoms with E-state index in [4.69, 9.17) is 14.7 Å². The Morgan fingerprint density at radius 1 is 0.891 bits per heavy atom. The van der Waals surface area contributed by atoms with E-state index in [0.29, 0.717) is 24.7 Å². The number of tetrazole rings is 1. The summed E-state index contributed by atoms with van der Waals surface area (Å²) in [6, 6.07) is 28.9. The van der Waals surface area contributed by atoms with Gasteiger partial charge in [-0.25, -0.2) is 9.97 Å². The van der Waals surface area contributed by atoms with Crippen LogP contribution in [-0.4, -0.2) is 46.5 Å². The lowest BCUT2D eigenvalue weighted by atomic mass is 9.98. The molecule has 1 atom stereocenters. The molecule has 3 aromatic heterocycles. The van der Waals surface area contributed by atoms with Gasteiger partial charge in [-0.05, 0) is 59.0 Å². The first-order valence-electron chi connectivity index (χ1n) is 15.9. The lowest BCUT2D eigenvalue weighted by molar-refractivity contribution is 0.0159. The molecule has 1 unspecified atom stereocenters. The van der Waals surface area contributed by atoms with Gasteiger partial charge in [-0.15, -0.1) is 5.10 Å². The first kappa shape index (κ1) is 31.0. The molecule has 0 fully saturated rings. The quantitative estimate of drug-likeness (QED) is 0.145. The van der Waals surface area contributed by atoms with Gasteiger partial charge in [-0.1, -0.05) is 104 Å². The molecular weight excluding hydrogens is 574 g/mol. The van der Waals surface area contributed by atoms with Gasteiger partial charge >= 0.3 is 0 Å². The zero-order valence-corrected chi connectivity index (χ0v) is 26.5. The Morgan fingerprint density at radius 2 is 1.65 bits per heavy atom. The summed E-state index contributed by atoms with van der Waals surface area (Å²) >= 11 is 0. The highest BCUT2D eigenvalue weighted by atomic mass is 16.5. The minimum atomic E-state index is -0.284. The largest absolute Gasteiger partial charge is 0.390 e. The highest BCUT2D eigenvalue weighted by molar-refractivity contribution is 5.81. The SMILES string of the molecule is CCCCc1nc2cc(/C=C/c3ccccc3)c(CO)nc2n1Cc1ccc(-c2ccccc2-c2nnnn2C(C)OCC)cc1. The first-order valence-corrected chi connectivity index (χ1v) is 15.9. The average molecular weight is 614 g/mol. The van der Waals surface area contributed by atoms with Crippen LogP contribution >= 0.6 is 0 Å². The van der Waals surface area contributed by atoms with Crippen molar-refractivity contribution in [1.82, 2.24) is 34.7 Å². The van der Waals surface area contributed by atoms with Crippen LogP contribution in [0.1, 0.15) is 68.0 Å². The van der Waals surface area contributed by atoms with Crippen LogP contribution < -0.4 is 0 Å². The number of aliphatic hydroxyl groups is 1. The summed E-state index contributed by atoms with van der Waals surface area (Å²) in [7, 11) is 0. The summed E-state index contributed by atoms with van der Waals surface area (Å²) in [4.78, 5) is 9.97. The standard InChI is InChI=1S/C37H39N7O2/c1-4-6-16-35-38-33-23-30(22-17-27-12-8-7-9-13-27)34(25-45)39-37(33)43(35)24-28-18-20-29(21-19-28)31-14-10-11-15-32(31)36-40-41-42-44(36)26(3)46-5-2/h7-15,17-23,26,45H,4-6,16,24-25H2,1-3H3/b22-17+. The van der Waals surface area contributed by atoms with Gasteiger partial charge in [-0.2, -0.15) is 4.68 Å². The number of aromatic nitrogens is 7. The number of rotatable bonds is 13. The molecule has 6 aromatic rings. The number of aryl methyl sites for hydroxylation is 1. The Bertz CT molecular complexity index is 1930. The van der Waals surface area contributed by atoms with E-state index in [2.05, 4.69) is 69.5 Å². The summed E-state index contributed by atoms with van der Waals surface area (Å²) in [5.74, 6) is 1.66. The summed E-state index contributed by atoms with van der Waals surface area (Å²) < 4.78 is 9.68. The molecule has 0 bridgehead atoms. The maximum atomic E-state index is 10.3. The van der Waals surface area contributed by atoms with Crippen molar-refractivity contribution in [2.24, 2.45) is 0 Å². The molecule has 3 aromatic carbocycles. The van der Waals surface area contributed by atoms with E-state index in [1.165, 1.54) is 0 Å². The Balaban J connectivity index is 1.32. The summed E-state index contributed by atoms with van der Waals surface area (Å²) in [6.45, 7) is 7.13. The minimum absolute atomic E-state index is 0.152. The fourth-order valence-electron chi connectivity index (χ4n) is 5.69. The molecule has 9 heteroatoms. The molecule has 1 N–H and O–H groups in total. The van der Waals surface area contributed by atoms with E-state index in [1.54, 1.807) is 4.68 Å². The average Bonchev–Trinajstić information content (AvgIpc) is 3.72. The van der Waals surface area contributed by atoms with Crippen LogP contribution in [0, 0.1) is 0 Å². The third-order valence-corrected chi connectivity index (χ3v) is 8.09. The summed E-state index contributed by atoms with van der Waals surface area (Å²) in [6.07, 6.45) is 6.73. The van der Waals surface area contributed by atoms with Gasteiger partial charge < -0.3 is 14.4 Å². The monoisotopic (exact) mass is 613 g/mol. The van der Waals surface area contributed by atoms with Gasteiger partial charge in [0.15, 0.2) is 17.7 Å². The number of fused-ring (bicyclic) bond motifs is 1. The zero-order valence-electron chi connectivity index (χ0n) is 26.5. The first-order chi connectivity index (χ1) is 22.6. The molecule has 0 aliphatic carbocycles. The van der Waals surface area contributed by atoms with Gasteiger partial charge in [0.25, 0.3) is 0 Å². The highest BCUT2D eigenvalue weighted by Crippen LogP contribution is 2.32. The van der Waals surface area contributed by atoms with Crippen LogP contribution in [0.25, 0.3) is 45.8 Å². The maximum absolute atomic E-state index is 10.3. The van der Waals surface area contributed by atoms with E-state index in [1.807, 2.05) is 68.5 Å². The predicted octanol–water partition coefficient (Wildman–Crippen LogP) is 7.36. The fourth-order valence-corrected chi connectivity index (χ4v) is 5.69. The number of benzene rings is 3. The second-order valence-corrected chi connectivity index (χ2v) is 11.2. The Hall–Kier alpha value is -4.99. The maximum Gasteiger partial charge on any atom is 0.185 e. The fraction of sp³-hybridized carbons (Fsp3) is 0.270. The second-order valence-electron chi connectivity index (χ2n) is 11.2. The molecule has 0 spiro atoms. The van der Waals surface area contributed by atoms with Crippen LogP contribution in [0.5, 0.6) is 0 Å². The molecule has 0 saturated heterocycles. The number of aliphatic hydroxyl groups excluding tert-OH is 1. The molecule has 234 valence electrons. The van der Waals surface area contributed by atoms with Gasteiger partial charge in [0.05, 0.1) is 18.8 Å². The van der Waals surface area contributed by atoms with Crippen molar-refractivity contribution in [2.45, 2.75) is 59.4 Å². The molecular formula is C37H39N7O2. The van der Waals surface area contributed by atoms with Crippen molar-refractivity contribution in [1.29, 1.82) is 0 Å². The van der Waals surface area contributed by atoms with E-state index in [-0.39, 0.29) is 12.8 Å². The molecule has 9 nitrogen and oxygen atoms in total. The van der Waals surface area contributed by atoms with Gasteiger partial charge in [0.2, 0.25) is 0 Å². The van der Waals surface area contributed by atoms with Crippen LogP contribution in [0.15, 0.2) is 84.9 Å². The van der Waals surface area contributed by atoms with Gasteiger partial charge in [0.1, 0.15) is 11.3 Å². The lowest BCUT2D eigenvalue weighted by Gasteiger charge is -2.15. The topological polar surface area (TPSA) is 104 Å². The molecule has 0 aliphatic heterocycles. The second kappa shape index (κ2) is 14.4. The molecule has 0 saturated carbocycles. The van der Waals surface area contributed by atoms with Crippen molar-refractivity contribution < 1.29 is 9.84 Å². The minimum Gasteiger partial charge on any atom is -0.390 e. The van der Waals surface area contributed by atoms with E-state index in [0.717, 1.165) is 69.6 Å². The smallest absolute Gasteiger partial charge is 0.185 e. The van der Waals surface area contributed by atoms with E-state index < -0.39 is 0 Å². The van der Waals surface area contributed by atoms with Crippen molar-refractivity contribution in [2.75, 3.05) is 6.61 Å². The molecule has 0 radical (unpaired) electrons. The molecule has 46 heavy (non-hydrogen) atoms. The summed E-state index contributed by atoms with van der Waals surface area (Å²) in [5.41, 5.74) is 8.39. The van der Waals surface area contributed by atoms with Crippen molar-refractivity contribution in [3.05, 3.63) is 113 Å². The van der Waals surface area contributed by atoms with Crippen LogP contribution in [0.2, 0.25) is 0 Å². The predicted molar refractivity (Wildman–Crippen MR) is 182 cm³/mol. The zero-order chi connectivity index (χ0) is 31.9. The normalized spacial score (nSPS) is 12.3. The van der Waals surface area contributed by atoms with E-state index >= 15 is 0 Å². The Labute approximate surface area is 269 Å². The number of nitrogens with zero attached hydrogens (tertiary/aromatic N) is 7. The van der Waals surface area contributed by atoms with Gasteiger partial charge in [-0.3, -0.25) is 0 Å². The molecule has 6 rings (SSSR count). The summed E-state index contributed by atoms with van der Waals surface area (Å²) in [5, 5.41) is 22.7. The van der Waals surface area contributed by atoms with Crippen molar-refractivity contribution >= 4 is 23.3 Å². The number of hydrogen-bond donors (Lipinski definition) is 1. The Morgan fingerprint density at radius 3 is 2.39 bits per heavy atom. The third-order valence-electron chi connectivity index (χ3n) is 8.09. The Kier molecular flexibility index (Phi) is 9.71. The van der Waals surface area contributed by atoms with E-state index in [9.17, 15) is 5.11 Å². The number of unbranched alkanes of at least 4 members (excludes halogenated alkanes) is 1. The van der Waals surface area contributed by atoms with Crippen molar-refractivity contribution in [3.63, 3.8) is 0 Å². The molecule has 0 amide bonds. The number of hydrogen-bond acceptors (Lipinski definition) is 7. The highest BCUT2D eigenvalue weighted by Gasteiger charge is 2.19. The number of ether oxygens (including phenoxy) is 1. The number of imidazole rings is 1. The van der Waals surface area contributed by atoms with Crippen LogP contribution in [0.4, 0.5) is 0 Å². The van der Waals surface area contributed by atoms with Crippen LogP contribution in [-0.2, 0) is 24.3 Å². The number of pyridine rings is 1. The molecule has 3 heterocycles.